The summed E-state index contributed by atoms with van der Waals surface area (Å²) in [6.45, 7) is 1.36. The lowest BCUT2D eigenvalue weighted by Crippen LogP contribution is -2.19. The van der Waals surface area contributed by atoms with Crippen LogP contribution in [-0.4, -0.2) is 18.9 Å². The Bertz CT molecular complexity index is 796. The number of benzene rings is 2. The van der Waals surface area contributed by atoms with E-state index in [1.165, 1.54) is 13.0 Å². The standard InChI is InChI=1S/C17H12F6O3/c1-2-25-15(24)13-9-11(6-7-14(13)26-17(21,22)23)10-4-3-5-12(8-10)16(18,19)20/h3-9H,2H2,1H3. The summed E-state index contributed by atoms with van der Waals surface area (Å²) >= 11 is 0. The topological polar surface area (TPSA) is 35.5 Å². The molecule has 9 heteroatoms. The number of esters is 1. The molecule has 0 heterocycles. The maximum absolute atomic E-state index is 12.8. The highest BCUT2D eigenvalue weighted by molar-refractivity contribution is 5.94. The first kappa shape index (κ1) is 19.6. The van der Waals surface area contributed by atoms with Crippen molar-refractivity contribution < 1.29 is 40.6 Å². The highest BCUT2D eigenvalue weighted by Gasteiger charge is 2.34. The molecule has 2 aromatic carbocycles. The lowest BCUT2D eigenvalue weighted by molar-refractivity contribution is -0.274. The van der Waals surface area contributed by atoms with Gasteiger partial charge in [-0.2, -0.15) is 13.2 Å². The Labute approximate surface area is 144 Å². The number of carbonyl (C=O) groups excluding carboxylic acids is 1. The second kappa shape index (κ2) is 7.27. The van der Waals surface area contributed by atoms with E-state index in [2.05, 4.69) is 9.47 Å². The van der Waals surface area contributed by atoms with Gasteiger partial charge in [0, 0.05) is 0 Å². The van der Waals surface area contributed by atoms with Gasteiger partial charge in [0.1, 0.15) is 11.3 Å². The summed E-state index contributed by atoms with van der Waals surface area (Å²) in [5.41, 5.74) is -1.29. The second-order valence-corrected chi connectivity index (χ2v) is 5.06. The number of carbonyl (C=O) groups is 1. The molecule has 0 aliphatic rings. The number of alkyl halides is 6. The molecule has 0 saturated carbocycles. The largest absolute Gasteiger partial charge is 0.573 e. The summed E-state index contributed by atoms with van der Waals surface area (Å²) in [4.78, 5) is 11.9. The monoisotopic (exact) mass is 378 g/mol. The molecule has 0 bridgehead atoms. The van der Waals surface area contributed by atoms with E-state index in [4.69, 9.17) is 0 Å². The van der Waals surface area contributed by atoms with E-state index in [0.717, 1.165) is 36.4 Å². The third-order valence-corrected chi connectivity index (χ3v) is 3.22. The fourth-order valence-corrected chi connectivity index (χ4v) is 2.17. The lowest BCUT2D eigenvalue weighted by Gasteiger charge is -2.14. The summed E-state index contributed by atoms with van der Waals surface area (Å²) in [5, 5.41) is 0. The van der Waals surface area contributed by atoms with Crippen molar-refractivity contribution in [2.75, 3.05) is 6.61 Å². The molecule has 2 aromatic rings. The van der Waals surface area contributed by atoms with Crippen molar-refractivity contribution in [3.63, 3.8) is 0 Å². The van der Waals surface area contributed by atoms with E-state index >= 15 is 0 Å². The van der Waals surface area contributed by atoms with Gasteiger partial charge in [0.25, 0.3) is 0 Å². The minimum absolute atomic E-state index is 0.0731. The van der Waals surface area contributed by atoms with E-state index < -0.39 is 35.4 Å². The molecule has 3 nitrogen and oxygen atoms in total. The Hall–Kier alpha value is -2.71. The van der Waals surface area contributed by atoms with Crippen LogP contribution in [0.1, 0.15) is 22.8 Å². The fraction of sp³-hybridized carbons (Fsp3) is 0.235. The van der Waals surface area contributed by atoms with Crippen molar-refractivity contribution in [3.05, 3.63) is 53.6 Å². The summed E-state index contributed by atoms with van der Waals surface area (Å²) in [7, 11) is 0. The van der Waals surface area contributed by atoms with Crippen molar-refractivity contribution >= 4 is 5.97 Å². The van der Waals surface area contributed by atoms with Crippen LogP contribution in [0.25, 0.3) is 11.1 Å². The number of hydrogen-bond donors (Lipinski definition) is 0. The second-order valence-electron chi connectivity index (χ2n) is 5.06. The van der Waals surface area contributed by atoms with Crippen molar-refractivity contribution in [1.82, 2.24) is 0 Å². The van der Waals surface area contributed by atoms with Gasteiger partial charge >= 0.3 is 18.5 Å². The highest BCUT2D eigenvalue weighted by Crippen LogP contribution is 2.34. The molecule has 2 rings (SSSR count). The zero-order chi connectivity index (χ0) is 19.5. The van der Waals surface area contributed by atoms with Crippen molar-refractivity contribution in [1.29, 1.82) is 0 Å². The minimum atomic E-state index is -5.04. The highest BCUT2D eigenvalue weighted by atomic mass is 19.4. The summed E-state index contributed by atoms with van der Waals surface area (Å²) in [6.07, 6.45) is -9.63. The normalized spacial score (nSPS) is 12.0. The van der Waals surface area contributed by atoms with E-state index in [9.17, 15) is 31.1 Å². The van der Waals surface area contributed by atoms with Gasteiger partial charge in [-0.1, -0.05) is 18.2 Å². The molecule has 0 atom stereocenters. The number of halogens is 6. The molecule has 0 radical (unpaired) electrons. The van der Waals surface area contributed by atoms with Gasteiger partial charge in [0.2, 0.25) is 0 Å². The zero-order valence-corrected chi connectivity index (χ0v) is 13.2. The third kappa shape index (κ3) is 4.90. The maximum Gasteiger partial charge on any atom is 0.573 e. The molecule has 0 aliphatic carbocycles. The summed E-state index contributed by atoms with van der Waals surface area (Å²) in [5.74, 6) is -1.88. The van der Waals surface area contributed by atoms with Crippen molar-refractivity contribution in [2.45, 2.75) is 19.5 Å². The fourth-order valence-electron chi connectivity index (χ4n) is 2.17. The first-order chi connectivity index (χ1) is 12.0. The van der Waals surface area contributed by atoms with Gasteiger partial charge in [-0.15, -0.1) is 13.2 Å². The molecular weight excluding hydrogens is 366 g/mol. The van der Waals surface area contributed by atoms with Crippen molar-refractivity contribution in [2.24, 2.45) is 0 Å². The number of ether oxygens (including phenoxy) is 2. The Morgan fingerprint density at radius 2 is 1.62 bits per heavy atom. The summed E-state index contributed by atoms with van der Waals surface area (Å²) in [6, 6.07) is 7.15. The van der Waals surface area contributed by atoms with Gasteiger partial charge in [-0.3, -0.25) is 0 Å². The molecular formula is C17H12F6O3. The van der Waals surface area contributed by atoms with Gasteiger partial charge in [-0.25, -0.2) is 4.79 Å². The Morgan fingerprint density at radius 3 is 2.19 bits per heavy atom. The minimum Gasteiger partial charge on any atom is -0.462 e. The molecule has 0 spiro atoms. The predicted molar refractivity (Wildman–Crippen MR) is 79.5 cm³/mol. The average Bonchev–Trinajstić information content (AvgIpc) is 2.53. The predicted octanol–water partition coefficient (Wildman–Crippen LogP) is 5.45. The number of rotatable bonds is 4. The van der Waals surface area contributed by atoms with Crippen LogP contribution in [0.3, 0.4) is 0 Å². The van der Waals surface area contributed by atoms with Crippen molar-refractivity contribution in [3.8, 4) is 16.9 Å². The van der Waals surface area contributed by atoms with Crippen LogP contribution in [-0.2, 0) is 10.9 Å². The first-order valence-electron chi connectivity index (χ1n) is 7.26. The number of hydrogen-bond acceptors (Lipinski definition) is 3. The van der Waals surface area contributed by atoms with E-state index in [-0.39, 0.29) is 17.7 Å². The molecule has 0 saturated heterocycles. The maximum atomic E-state index is 12.8. The molecule has 26 heavy (non-hydrogen) atoms. The average molecular weight is 378 g/mol. The molecule has 0 unspecified atom stereocenters. The Kier molecular flexibility index (Phi) is 5.48. The quantitative estimate of drug-likeness (QED) is 0.524. The Balaban J connectivity index is 2.51. The van der Waals surface area contributed by atoms with Gasteiger partial charge in [-0.05, 0) is 42.3 Å². The van der Waals surface area contributed by atoms with Crippen LogP contribution in [0, 0.1) is 0 Å². The molecule has 140 valence electrons. The van der Waals surface area contributed by atoms with Crippen LogP contribution in [0.15, 0.2) is 42.5 Å². The smallest absolute Gasteiger partial charge is 0.462 e. The van der Waals surface area contributed by atoms with Crippen LogP contribution < -0.4 is 4.74 Å². The van der Waals surface area contributed by atoms with Crippen LogP contribution in [0.4, 0.5) is 26.3 Å². The van der Waals surface area contributed by atoms with Gasteiger partial charge < -0.3 is 9.47 Å². The SMILES string of the molecule is CCOC(=O)c1cc(-c2cccc(C(F)(F)F)c2)ccc1OC(F)(F)F. The molecule has 0 aliphatic heterocycles. The van der Waals surface area contributed by atoms with E-state index in [1.807, 2.05) is 0 Å². The van der Waals surface area contributed by atoms with Crippen LogP contribution >= 0.6 is 0 Å². The summed E-state index contributed by atoms with van der Waals surface area (Å²) < 4.78 is 84.4. The first-order valence-corrected chi connectivity index (χ1v) is 7.26. The molecule has 0 N–H and O–H groups in total. The lowest BCUT2D eigenvalue weighted by atomic mass is 10.0. The third-order valence-electron chi connectivity index (χ3n) is 3.22. The van der Waals surface area contributed by atoms with Crippen LogP contribution in [0.2, 0.25) is 0 Å². The van der Waals surface area contributed by atoms with E-state index in [0.29, 0.717) is 0 Å². The molecule has 0 fully saturated rings. The van der Waals surface area contributed by atoms with Crippen LogP contribution in [0.5, 0.6) is 5.75 Å². The van der Waals surface area contributed by atoms with E-state index in [1.54, 1.807) is 0 Å². The molecule has 0 amide bonds. The molecule has 0 aromatic heterocycles. The Morgan fingerprint density at radius 1 is 0.962 bits per heavy atom. The van der Waals surface area contributed by atoms with Gasteiger partial charge in [0.05, 0.1) is 12.2 Å². The van der Waals surface area contributed by atoms with Gasteiger partial charge in [0.15, 0.2) is 0 Å². The zero-order valence-electron chi connectivity index (χ0n) is 13.2.